The van der Waals surface area contributed by atoms with Crippen molar-refractivity contribution in [1.29, 1.82) is 0 Å². The second kappa shape index (κ2) is 9.21. The molecule has 136 valence electrons. The molecule has 25 heavy (non-hydrogen) atoms. The standard InChI is InChI=1S/C14H16ClNO.C5H8O3/c15-12-4-1-3-11(9-12)6-8-14(17)7-2-5-13(16)10-14;6-5(7)4-2-1-3-8-4/h1,3-4,9,13,17H,2,5,7,10,16H2;4H,1-3H2,(H,6,7)/t13-,14+;4-/m01/s1. The minimum Gasteiger partial charge on any atom is -0.479 e. The summed E-state index contributed by atoms with van der Waals surface area (Å²) in [5, 5.41) is 19.2. The van der Waals surface area contributed by atoms with Crippen molar-refractivity contribution in [3.8, 4) is 11.8 Å². The van der Waals surface area contributed by atoms with E-state index in [9.17, 15) is 9.90 Å². The number of carbonyl (C=O) groups is 1. The number of benzene rings is 1. The van der Waals surface area contributed by atoms with Crippen LogP contribution in [0.3, 0.4) is 0 Å². The number of ether oxygens (including phenoxy) is 1. The first-order valence-electron chi connectivity index (χ1n) is 8.49. The largest absolute Gasteiger partial charge is 0.479 e. The summed E-state index contributed by atoms with van der Waals surface area (Å²) in [5.74, 6) is 5.08. The summed E-state index contributed by atoms with van der Waals surface area (Å²) in [6, 6.07) is 7.38. The number of rotatable bonds is 1. The van der Waals surface area contributed by atoms with Gasteiger partial charge in [0.15, 0.2) is 6.10 Å². The normalized spacial score (nSPS) is 28.3. The van der Waals surface area contributed by atoms with E-state index in [-0.39, 0.29) is 6.04 Å². The van der Waals surface area contributed by atoms with Gasteiger partial charge in [-0.05, 0) is 50.3 Å². The number of carboxylic acid groups (broad SMARTS) is 1. The van der Waals surface area contributed by atoms with Crippen LogP contribution in [0.15, 0.2) is 24.3 Å². The third-order valence-electron chi connectivity index (χ3n) is 4.23. The fraction of sp³-hybridized carbons (Fsp3) is 0.526. The maximum atomic E-state index is 10.3. The van der Waals surface area contributed by atoms with Gasteiger partial charge in [-0.1, -0.05) is 29.5 Å². The van der Waals surface area contributed by atoms with Crippen molar-refractivity contribution in [2.24, 2.45) is 5.73 Å². The molecule has 3 atom stereocenters. The van der Waals surface area contributed by atoms with E-state index in [1.807, 2.05) is 12.1 Å². The molecule has 0 bridgehead atoms. The Balaban J connectivity index is 0.000000236. The smallest absolute Gasteiger partial charge is 0.332 e. The molecular formula is C19H24ClNO4. The fourth-order valence-electron chi connectivity index (χ4n) is 2.94. The number of hydrogen-bond donors (Lipinski definition) is 3. The molecule has 0 aromatic heterocycles. The first-order valence-corrected chi connectivity index (χ1v) is 8.87. The lowest BCUT2D eigenvalue weighted by Crippen LogP contribution is -2.40. The number of nitrogens with two attached hydrogens (primary N) is 1. The molecule has 1 heterocycles. The molecule has 5 nitrogen and oxygen atoms in total. The Morgan fingerprint density at radius 2 is 2.16 bits per heavy atom. The number of carboxylic acids is 1. The summed E-state index contributed by atoms with van der Waals surface area (Å²) < 4.78 is 4.81. The third kappa shape index (κ3) is 6.68. The van der Waals surface area contributed by atoms with Crippen LogP contribution in [0.2, 0.25) is 5.02 Å². The van der Waals surface area contributed by atoms with Gasteiger partial charge >= 0.3 is 5.97 Å². The van der Waals surface area contributed by atoms with E-state index in [4.69, 9.17) is 27.2 Å². The van der Waals surface area contributed by atoms with E-state index in [2.05, 4.69) is 11.8 Å². The highest BCUT2D eigenvalue weighted by molar-refractivity contribution is 6.30. The summed E-state index contributed by atoms with van der Waals surface area (Å²) in [6.07, 6.45) is 4.21. The molecule has 0 spiro atoms. The van der Waals surface area contributed by atoms with Gasteiger partial charge in [0.05, 0.1) is 0 Å². The predicted molar refractivity (Wildman–Crippen MR) is 96.3 cm³/mol. The summed E-state index contributed by atoms with van der Waals surface area (Å²) in [7, 11) is 0. The fourth-order valence-corrected chi connectivity index (χ4v) is 3.13. The average molecular weight is 366 g/mol. The zero-order valence-corrected chi connectivity index (χ0v) is 14.8. The van der Waals surface area contributed by atoms with Crippen molar-refractivity contribution in [1.82, 2.24) is 0 Å². The number of halogens is 1. The molecule has 1 saturated carbocycles. The lowest BCUT2D eigenvalue weighted by Gasteiger charge is -2.30. The minimum absolute atomic E-state index is 0.0578. The average Bonchev–Trinajstić information content (AvgIpc) is 3.08. The maximum absolute atomic E-state index is 10.3. The zero-order valence-electron chi connectivity index (χ0n) is 14.1. The van der Waals surface area contributed by atoms with Crippen molar-refractivity contribution >= 4 is 17.6 Å². The van der Waals surface area contributed by atoms with Gasteiger partial charge in [-0.2, -0.15) is 0 Å². The molecule has 4 N–H and O–H groups in total. The monoisotopic (exact) mass is 365 g/mol. The summed E-state index contributed by atoms with van der Waals surface area (Å²) in [4.78, 5) is 10.1. The molecule has 1 aliphatic carbocycles. The van der Waals surface area contributed by atoms with Gasteiger partial charge in [0.1, 0.15) is 5.60 Å². The summed E-state index contributed by atoms with van der Waals surface area (Å²) in [6.45, 7) is 0.608. The molecule has 6 heteroatoms. The van der Waals surface area contributed by atoms with Gasteiger partial charge in [0.25, 0.3) is 0 Å². The molecule has 0 unspecified atom stereocenters. The molecule has 0 amide bonds. The topological polar surface area (TPSA) is 92.8 Å². The molecule has 0 radical (unpaired) electrons. The van der Waals surface area contributed by atoms with Crippen LogP contribution < -0.4 is 5.73 Å². The summed E-state index contributed by atoms with van der Waals surface area (Å²) >= 11 is 5.87. The van der Waals surface area contributed by atoms with Crippen LogP contribution in [0.4, 0.5) is 0 Å². The van der Waals surface area contributed by atoms with E-state index in [0.29, 0.717) is 30.9 Å². The van der Waals surface area contributed by atoms with Crippen molar-refractivity contribution in [3.63, 3.8) is 0 Å². The van der Waals surface area contributed by atoms with E-state index in [1.54, 1.807) is 12.1 Å². The molecule has 3 rings (SSSR count). The van der Waals surface area contributed by atoms with Crippen molar-refractivity contribution < 1.29 is 19.7 Å². The van der Waals surface area contributed by atoms with E-state index in [1.165, 1.54) is 0 Å². The van der Waals surface area contributed by atoms with Crippen molar-refractivity contribution in [3.05, 3.63) is 34.9 Å². The van der Waals surface area contributed by atoms with E-state index in [0.717, 1.165) is 24.8 Å². The molecule has 1 saturated heterocycles. The lowest BCUT2D eigenvalue weighted by molar-refractivity contribution is -0.147. The highest BCUT2D eigenvalue weighted by atomic mass is 35.5. The highest BCUT2D eigenvalue weighted by Crippen LogP contribution is 2.26. The van der Waals surface area contributed by atoms with E-state index < -0.39 is 17.7 Å². The molecule has 1 aromatic carbocycles. The molecule has 2 fully saturated rings. The van der Waals surface area contributed by atoms with Crippen LogP contribution >= 0.6 is 11.6 Å². The van der Waals surface area contributed by atoms with Crippen LogP contribution in [0.5, 0.6) is 0 Å². The van der Waals surface area contributed by atoms with Crippen molar-refractivity contribution in [2.75, 3.05) is 6.61 Å². The zero-order chi connectivity index (χ0) is 18.3. The number of hydrogen-bond acceptors (Lipinski definition) is 4. The van der Waals surface area contributed by atoms with Gasteiger partial charge in [-0.15, -0.1) is 0 Å². The SMILES string of the molecule is N[C@H]1CCC[C@@](O)(C#Cc2cccc(Cl)c2)C1.O=C(O)[C@H]1CCCO1. The van der Waals surface area contributed by atoms with Gasteiger partial charge in [-0.3, -0.25) is 0 Å². The lowest BCUT2D eigenvalue weighted by atomic mass is 9.82. The van der Waals surface area contributed by atoms with Gasteiger partial charge in [-0.25, -0.2) is 4.79 Å². The Labute approximate surface area is 153 Å². The first-order chi connectivity index (χ1) is 11.9. The van der Waals surface area contributed by atoms with Crippen molar-refractivity contribution in [2.45, 2.75) is 56.3 Å². The Hall–Kier alpha value is -1.58. The summed E-state index contributed by atoms with van der Waals surface area (Å²) in [5.41, 5.74) is 5.75. The molecular weight excluding hydrogens is 342 g/mol. The first kappa shape index (κ1) is 19.7. The minimum atomic E-state index is -0.931. The quantitative estimate of drug-likeness (QED) is 0.665. The predicted octanol–water partition coefficient (Wildman–Crippen LogP) is 2.57. The van der Waals surface area contributed by atoms with Crippen LogP contribution in [-0.2, 0) is 9.53 Å². The third-order valence-corrected chi connectivity index (χ3v) is 4.47. The van der Waals surface area contributed by atoms with Crippen LogP contribution in [0.1, 0.15) is 44.1 Å². The second-order valence-electron chi connectivity index (χ2n) is 6.49. The van der Waals surface area contributed by atoms with Crippen LogP contribution in [0, 0.1) is 11.8 Å². The van der Waals surface area contributed by atoms with Crippen LogP contribution in [-0.4, -0.2) is 40.5 Å². The number of aliphatic carboxylic acids is 1. The van der Waals surface area contributed by atoms with E-state index >= 15 is 0 Å². The molecule has 1 aromatic rings. The Morgan fingerprint density at radius 1 is 1.36 bits per heavy atom. The van der Waals surface area contributed by atoms with Gasteiger partial charge < -0.3 is 20.7 Å². The van der Waals surface area contributed by atoms with Crippen LogP contribution in [0.25, 0.3) is 0 Å². The van der Waals surface area contributed by atoms with Gasteiger partial charge in [0.2, 0.25) is 0 Å². The van der Waals surface area contributed by atoms with Gasteiger partial charge in [0, 0.05) is 29.7 Å². The maximum Gasteiger partial charge on any atom is 0.332 e. The Morgan fingerprint density at radius 3 is 2.72 bits per heavy atom. The highest BCUT2D eigenvalue weighted by Gasteiger charge is 2.30. The second-order valence-corrected chi connectivity index (χ2v) is 6.92. The molecule has 1 aliphatic heterocycles. The Kier molecular flexibility index (Phi) is 7.27. The number of aliphatic hydroxyl groups is 1. The molecule has 2 aliphatic rings. The Bertz CT molecular complexity index is 648.